The lowest BCUT2D eigenvalue weighted by atomic mass is 9.83. The molecule has 0 aromatic heterocycles. The van der Waals surface area contributed by atoms with Crippen LogP contribution in [0.2, 0.25) is 0 Å². The minimum atomic E-state index is 0.761. The van der Waals surface area contributed by atoms with Crippen LogP contribution >= 0.6 is 0 Å². The number of rotatable bonds is 7. The molecule has 3 nitrogen and oxygen atoms in total. The van der Waals surface area contributed by atoms with E-state index in [1.54, 1.807) is 0 Å². The van der Waals surface area contributed by atoms with Crippen molar-refractivity contribution in [1.82, 2.24) is 10.2 Å². The van der Waals surface area contributed by atoms with Crippen molar-refractivity contribution >= 4 is 0 Å². The van der Waals surface area contributed by atoms with Gasteiger partial charge in [0, 0.05) is 45.4 Å². The Bertz CT molecular complexity index is 274. The van der Waals surface area contributed by atoms with Crippen molar-refractivity contribution in [3.05, 3.63) is 0 Å². The van der Waals surface area contributed by atoms with Gasteiger partial charge in [0.2, 0.25) is 0 Å². The molecular weight excluding hydrogens is 248 g/mol. The van der Waals surface area contributed by atoms with Gasteiger partial charge in [0.1, 0.15) is 0 Å². The predicted octanol–water partition coefficient (Wildman–Crippen LogP) is 2.66. The van der Waals surface area contributed by atoms with Gasteiger partial charge in [0.15, 0.2) is 0 Å². The first-order valence-corrected chi connectivity index (χ1v) is 8.95. The van der Waals surface area contributed by atoms with Crippen LogP contribution in [0.4, 0.5) is 0 Å². The summed E-state index contributed by atoms with van der Waals surface area (Å²) >= 11 is 0. The van der Waals surface area contributed by atoms with Crippen LogP contribution in [0.25, 0.3) is 0 Å². The van der Waals surface area contributed by atoms with E-state index in [1.165, 1.54) is 77.5 Å². The molecule has 20 heavy (non-hydrogen) atoms. The van der Waals surface area contributed by atoms with Gasteiger partial charge >= 0.3 is 0 Å². The summed E-state index contributed by atoms with van der Waals surface area (Å²) in [5, 5.41) is 3.77. The summed E-state index contributed by atoms with van der Waals surface area (Å²) in [6.07, 6.45) is 11.3. The normalized spacial score (nSPS) is 29.7. The fourth-order valence-electron chi connectivity index (χ4n) is 3.82. The smallest absolute Gasteiger partial charge is 0.0494 e. The van der Waals surface area contributed by atoms with E-state index in [2.05, 4.69) is 10.2 Å². The van der Waals surface area contributed by atoms with Gasteiger partial charge in [-0.1, -0.05) is 19.3 Å². The zero-order valence-electron chi connectivity index (χ0n) is 13.0. The van der Waals surface area contributed by atoms with E-state index in [4.69, 9.17) is 4.74 Å². The van der Waals surface area contributed by atoms with Crippen molar-refractivity contribution in [3.8, 4) is 0 Å². The molecule has 116 valence electrons. The molecule has 3 aliphatic rings. The van der Waals surface area contributed by atoms with Crippen molar-refractivity contribution in [2.24, 2.45) is 11.8 Å². The summed E-state index contributed by atoms with van der Waals surface area (Å²) in [5.74, 6) is 1.85. The van der Waals surface area contributed by atoms with Crippen LogP contribution in [0.5, 0.6) is 0 Å². The Morgan fingerprint density at radius 2 is 1.90 bits per heavy atom. The minimum Gasteiger partial charge on any atom is -0.381 e. The highest BCUT2D eigenvalue weighted by atomic mass is 16.5. The lowest BCUT2D eigenvalue weighted by molar-refractivity contribution is 0.0989. The number of hydrogen-bond donors (Lipinski definition) is 1. The summed E-state index contributed by atoms with van der Waals surface area (Å²) in [5.41, 5.74) is 0. The summed E-state index contributed by atoms with van der Waals surface area (Å²) < 4.78 is 5.75. The second-order valence-electron chi connectivity index (χ2n) is 7.13. The average Bonchev–Trinajstić information content (AvgIpc) is 3.32. The largest absolute Gasteiger partial charge is 0.381 e. The second-order valence-corrected chi connectivity index (χ2v) is 7.13. The zero-order chi connectivity index (χ0) is 13.6. The number of nitrogens with one attached hydrogen (secondary N) is 1. The molecule has 1 aliphatic heterocycles. The molecule has 1 heterocycles. The Morgan fingerprint density at radius 1 is 1.05 bits per heavy atom. The van der Waals surface area contributed by atoms with Gasteiger partial charge in [0.05, 0.1) is 0 Å². The molecule has 0 spiro atoms. The van der Waals surface area contributed by atoms with Gasteiger partial charge in [-0.15, -0.1) is 0 Å². The first kappa shape index (κ1) is 14.8. The van der Waals surface area contributed by atoms with Gasteiger partial charge in [-0.05, 0) is 43.9 Å². The maximum atomic E-state index is 5.75. The molecular formula is C17H32N2O. The summed E-state index contributed by atoms with van der Waals surface area (Å²) in [7, 11) is 0. The van der Waals surface area contributed by atoms with Gasteiger partial charge in [-0.25, -0.2) is 0 Å². The number of ether oxygens (including phenoxy) is 1. The molecule has 1 saturated heterocycles. The third-order valence-corrected chi connectivity index (χ3v) is 5.32. The first-order chi connectivity index (χ1) is 9.92. The molecule has 3 heteroatoms. The predicted molar refractivity (Wildman–Crippen MR) is 83.0 cm³/mol. The molecule has 0 aromatic carbocycles. The Kier molecular flexibility index (Phi) is 5.75. The number of piperazine rings is 1. The molecule has 3 fully saturated rings. The highest BCUT2D eigenvalue weighted by molar-refractivity contribution is 4.85. The van der Waals surface area contributed by atoms with E-state index in [1.807, 2.05) is 0 Å². The standard InChI is InChI=1S/C17H32N2O/c1-2-5-16(6-3-1)17-13-19(11-9-18-17)10-4-12-20-14-15-7-8-15/h15-18H,1-14H2. The summed E-state index contributed by atoms with van der Waals surface area (Å²) in [4.78, 5) is 2.66. The highest BCUT2D eigenvalue weighted by Crippen LogP contribution is 2.29. The van der Waals surface area contributed by atoms with Crippen molar-refractivity contribution in [3.63, 3.8) is 0 Å². The summed E-state index contributed by atoms with van der Waals surface area (Å²) in [6.45, 7) is 6.90. The molecule has 1 unspecified atom stereocenters. The van der Waals surface area contributed by atoms with Crippen LogP contribution < -0.4 is 5.32 Å². The van der Waals surface area contributed by atoms with Gasteiger partial charge in [-0.2, -0.15) is 0 Å². The fourth-order valence-corrected chi connectivity index (χ4v) is 3.82. The molecule has 0 radical (unpaired) electrons. The maximum absolute atomic E-state index is 5.75. The monoisotopic (exact) mass is 280 g/mol. The van der Waals surface area contributed by atoms with E-state index >= 15 is 0 Å². The van der Waals surface area contributed by atoms with Crippen LogP contribution in [0.1, 0.15) is 51.4 Å². The second kappa shape index (κ2) is 7.77. The number of hydrogen-bond acceptors (Lipinski definition) is 3. The van der Waals surface area contributed by atoms with E-state index in [9.17, 15) is 0 Å². The topological polar surface area (TPSA) is 24.5 Å². The maximum Gasteiger partial charge on any atom is 0.0494 e. The minimum absolute atomic E-state index is 0.761. The van der Waals surface area contributed by atoms with Crippen LogP contribution in [0.3, 0.4) is 0 Å². The summed E-state index contributed by atoms with van der Waals surface area (Å²) in [6, 6.07) is 0.761. The van der Waals surface area contributed by atoms with Crippen LogP contribution in [0.15, 0.2) is 0 Å². The van der Waals surface area contributed by atoms with Crippen molar-refractivity contribution in [2.45, 2.75) is 57.4 Å². The third kappa shape index (κ3) is 4.71. The molecule has 3 rings (SSSR count). The van der Waals surface area contributed by atoms with Crippen molar-refractivity contribution < 1.29 is 4.74 Å². The highest BCUT2D eigenvalue weighted by Gasteiger charge is 2.27. The van der Waals surface area contributed by atoms with Crippen LogP contribution in [-0.4, -0.2) is 50.3 Å². The molecule has 2 aliphatic carbocycles. The van der Waals surface area contributed by atoms with Gasteiger partial charge in [-0.3, -0.25) is 0 Å². The Hall–Kier alpha value is -0.120. The lowest BCUT2D eigenvalue weighted by Gasteiger charge is -2.39. The van der Waals surface area contributed by atoms with E-state index in [0.717, 1.165) is 31.1 Å². The van der Waals surface area contributed by atoms with Crippen LogP contribution in [0, 0.1) is 11.8 Å². The van der Waals surface area contributed by atoms with E-state index < -0.39 is 0 Å². The first-order valence-electron chi connectivity index (χ1n) is 8.95. The Balaban J connectivity index is 1.30. The molecule has 1 N–H and O–H groups in total. The molecule has 0 bridgehead atoms. The van der Waals surface area contributed by atoms with E-state index in [-0.39, 0.29) is 0 Å². The lowest BCUT2D eigenvalue weighted by Crippen LogP contribution is -2.54. The molecule has 0 amide bonds. The van der Waals surface area contributed by atoms with Crippen molar-refractivity contribution in [2.75, 3.05) is 39.4 Å². The van der Waals surface area contributed by atoms with Gasteiger partial charge in [0.25, 0.3) is 0 Å². The fraction of sp³-hybridized carbons (Fsp3) is 1.00. The molecule has 0 aromatic rings. The van der Waals surface area contributed by atoms with E-state index in [0.29, 0.717) is 0 Å². The average molecular weight is 280 g/mol. The Labute approximate surface area is 124 Å². The number of nitrogens with zero attached hydrogens (tertiary/aromatic N) is 1. The molecule has 2 saturated carbocycles. The molecule has 1 atom stereocenters. The third-order valence-electron chi connectivity index (χ3n) is 5.32. The quantitative estimate of drug-likeness (QED) is 0.726. The van der Waals surface area contributed by atoms with Crippen molar-refractivity contribution in [1.29, 1.82) is 0 Å². The van der Waals surface area contributed by atoms with Crippen LogP contribution in [-0.2, 0) is 4.74 Å². The SMILES string of the molecule is C1CCC(C2CN(CCCOCC3CC3)CCN2)CC1. The zero-order valence-corrected chi connectivity index (χ0v) is 13.0. The van der Waals surface area contributed by atoms with Gasteiger partial charge < -0.3 is 15.0 Å². The Morgan fingerprint density at radius 3 is 2.70 bits per heavy atom.